The summed E-state index contributed by atoms with van der Waals surface area (Å²) < 4.78 is 32.7. The molecule has 13 heteroatoms. The number of aliphatic imine (C=N–C) groups is 1. The molecule has 0 radical (unpaired) electrons. The van der Waals surface area contributed by atoms with Crippen molar-refractivity contribution in [2.24, 2.45) is 4.99 Å². The van der Waals surface area contributed by atoms with Gasteiger partial charge in [-0.05, 0) is 40.3 Å². The summed E-state index contributed by atoms with van der Waals surface area (Å²) in [6.07, 6.45) is 1.58. The van der Waals surface area contributed by atoms with Gasteiger partial charge in [0, 0.05) is 20.1 Å². The molecule has 1 N–H and O–H groups in total. The van der Waals surface area contributed by atoms with Gasteiger partial charge < -0.3 is 18.9 Å². The first-order valence-electron chi connectivity index (χ1n) is 9.85. The zero-order valence-electron chi connectivity index (χ0n) is 19.4. The Bertz CT molecular complexity index is 884. The number of methoxy groups -OCH3 is 1. The first-order chi connectivity index (χ1) is 14.7. The van der Waals surface area contributed by atoms with Gasteiger partial charge in [0.05, 0.1) is 25.5 Å². The van der Waals surface area contributed by atoms with Crippen LogP contribution in [0.25, 0.3) is 0 Å². The number of likely N-dealkylation sites (N-methyl/N-ethyl adjacent to an activating group) is 2. The summed E-state index contributed by atoms with van der Waals surface area (Å²) in [6.45, 7) is 1.73. The van der Waals surface area contributed by atoms with Crippen molar-refractivity contribution in [1.82, 2.24) is 14.7 Å². The van der Waals surface area contributed by atoms with Crippen molar-refractivity contribution in [2.45, 2.75) is 44.5 Å². The Morgan fingerprint density at radius 2 is 1.84 bits per heavy atom. The van der Waals surface area contributed by atoms with Crippen LogP contribution in [-0.4, -0.2) is 112 Å². The van der Waals surface area contributed by atoms with Crippen molar-refractivity contribution in [2.75, 3.05) is 41.6 Å². The van der Waals surface area contributed by atoms with Crippen molar-refractivity contribution in [3.05, 3.63) is 11.8 Å². The van der Waals surface area contributed by atoms with Crippen LogP contribution in [0, 0.1) is 0 Å². The average Bonchev–Trinajstić information content (AvgIpc) is 2.87. The number of amides is 2. The Morgan fingerprint density at radius 1 is 1.25 bits per heavy atom. The molecule has 32 heavy (non-hydrogen) atoms. The molecular formula is C19H32N4O8S. The molecule has 0 saturated carbocycles. The van der Waals surface area contributed by atoms with E-state index in [0.29, 0.717) is 25.3 Å². The highest BCUT2D eigenvalue weighted by molar-refractivity contribution is 7.86. The van der Waals surface area contributed by atoms with E-state index in [9.17, 15) is 27.9 Å². The Balaban J connectivity index is 3.46. The van der Waals surface area contributed by atoms with E-state index in [1.54, 1.807) is 21.0 Å². The number of rotatable bonds is 7. The fourth-order valence-corrected chi connectivity index (χ4v) is 3.75. The summed E-state index contributed by atoms with van der Waals surface area (Å²) in [4.78, 5) is 45.9. The zero-order valence-corrected chi connectivity index (χ0v) is 20.2. The fourth-order valence-electron chi connectivity index (χ4n) is 3.30. The highest BCUT2D eigenvalue weighted by Gasteiger charge is 2.39. The van der Waals surface area contributed by atoms with Crippen LogP contribution in [0.3, 0.4) is 0 Å². The first kappa shape index (κ1) is 27.5. The van der Waals surface area contributed by atoms with E-state index < -0.39 is 52.0 Å². The maximum Gasteiger partial charge on any atom is 0.334 e. The molecule has 12 nitrogen and oxygen atoms in total. The summed E-state index contributed by atoms with van der Waals surface area (Å²) >= 11 is 0. The van der Waals surface area contributed by atoms with E-state index in [0.717, 1.165) is 13.4 Å². The number of aliphatic hydroxyl groups excluding tert-OH is 1. The second kappa shape index (κ2) is 11.4. The van der Waals surface area contributed by atoms with Gasteiger partial charge in [-0.1, -0.05) is 0 Å². The molecule has 182 valence electrons. The third-order valence-corrected chi connectivity index (χ3v) is 5.44. The van der Waals surface area contributed by atoms with Gasteiger partial charge in [-0.3, -0.25) is 24.4 Å². The largest absolute Gasteiger partial charge is 0.466 e. The molecule has 1 aliphatic heterocycles. The Labute approximate surface area is 188 Å². The molecular weight excluding hydrogens is 444 g/mol. The van der Waals surface area contributed by atoms with Crippen LogP contribution in [-0.2, 0) is 33.4 Å². The highest BCUT2D eigenvalue weighted by atomic mass is 32.2. The van der Waals surface area contributed by atoms with Gasteiger partial charge in [-0.25, -0.2) is 4.79 Å². The monoisotopic (exact) mass is 476 g/mol. The molecule has 3 unspecified atom stereocenters. The minimum absolute atomic E-state index is 0.176. The molecule has 0 bridgehead atoms. The quantitative estimate of drug-likeness (QED) is 0.163. The van der Waals surface area contributed by atoms with Crippen LogP contribution in [0.5, 0.6) is 0 Å². The number of hydrogen-bond acceptors (Lipinski definition) is 10. The molecule has 1 saturated heterocycles. The summed E-state index contributed by atoms with van der Waals surface area (Å²) in [5, 5.41) is 10.2. The van der Waals surface area contributed by atoms with E-state index in [-0.39, 0.29) is 5.84 Å². The van der Waals surface area contributed by atoms with Crippen molar-refractivity contribution in [3.63, 3.8) is 0 Å². The number of nitrogens with zero attached hydrogens (tertiary/aromatic N) is 4. The van der Waals surface area contributed by atoms with Gasteiger partial charge in [-0.2, -0.15) is 8.42 Å². The number of esters is 1. The molecule has 1 fully saturated rings. The van der Waals surface area contributed by atoms with E-state index in [1.807, 2.05) is 0 Å². The van der Waals surface area contributed by atoms with Crippen LogP contribution >= 0.6 is 0 Å². The number of carbonyl (C=O) groups excluding carboxylic acids is 3. The lowest BCUT2D eigenvalue weighted by Crippen LogP contribution is -2.55. The van der Waals surface area contributed by atoms with Gasteiger partial charge in [0.2, 0.25) is 5.76 Å². The summed E-state index contributed by atoms with van der Waals surface area (Å²) in [5.41, 5.74) is 0. The molecule has 0 aromatic rings. The number of amidine groups is 1. The Hall–Kier alpha value is -2.51. The maximum absolute atomic E-state index is 13.4. The predicted octanol–water partition coefficient (Wildman–Crippen LogP) is -0.844. The molecule has 0 aromatic carbocycles. The van der Waals surface area contributed by atoms with Crippen molar-refractivity contribution in [3.8, 4) is 0 Å². The lowest BCUT2D eigenvalue weighted by atomic mass is 10.1. The first-order valence-corrected chi connectivity index (χ1v) is 11.7. The normalized spacial score (nSPS) is 22.3. The predicted molar refractivity (Wildman–Crippen MR) is 116 cm³/mol. The number of aliphatic hydroxyl groups is 1. The highest BCUT2D eigenvalue weighted by Crippen LogP contribution is 2.25. The molecule has 0 spiro atoms. The minimum atomic E-state index is -4.14. The van der Waals surface area contributed by atoms with Crippen LogP contribution in [0.1, 0.15) is 26.2 Å². The van der Waals surface area contributed by atoms with Crippen LogP contribution in [0.4, 0.5) is 0 Å². The summed E-state index contributed by atoms with van der Waals surface area (Å²) in [5.74, 6) is -3.08. The number of carbonyl (C=O) groups is 3. The molecule has 1 aliphatic rings. The van der Waals surface area contributed by atoms with Gasteiger partial charge in [-0.15, -0.1) is 0 Å². The topological polar surface area (TPSA) is 146 Å². The summed E-state index contributed by atoms with van der Waals surface area (Å²) in [7, 11) is 2.94. The fraction of sp³-hybridized carbons (Fsp3) is 0.684. The van der Waals surface area contributed by atoms with Gasteiger partial charge in [0.15, 0.2) is 6.23 Å². The lowest BCUT2D eigenvalue weighted by Gasteiger charge is -2.36. The van der Waals surface area contributed by atoms with Crippen LogP contribution in [0.2, 0.25) is 0 Å². The third kappa shape index (κ3) is 7.00. The van der Waals surface area contributed by atoms with Crippen LogP contribution in [0.15, 0.2) is 16.8 Å². The van der Waals surface area contributed by atoms with Crippen molar-refractivity contribution in [1.29, 1.82) is 0 Å². The Kier molecular flexibility index (Phi) is 9.79. The maximum atomic E-state index is 13.4. The standard InChI is InChI=1S/C19H32N4O8S/c1-12-9-8-10-13(22(5)19(27)18(26)21(3)4)16(20-2)23(12)17(25)14(11-15(24)30-6)31-32(7,28)29/h11-13,18,26H,8-10H2,1-7H3. The van der Waals surface area contributed by atoms with Gasteiger partial charge >= 0.3 is 16.1 Å². The van der Waals surface area contributed by atoms with E-state index >= 15 is 0 Å². The molecule has 2 amide bonds. The van der Waals surface area contributed by atoms with Crippen LogP contribution < -0.4 is 0 Å². The zero-order chi connectivity index (χ0) is 24.8. The molecule has 1 heterocycles. The smallest absolute Gasteiger partial charge is 0.334 e. The number of likely N-dealkylation sites (tertiary alicyclic amines) is 1. The summed E-state index contributed by atoms with van der Waals surface area (Å²) in [6, 6.07) is -1.13. The van der Waals surface area contributed by atoms with E-state index in [1.165, 1.54) is 28.8 Å². The van der Waals surface area contributed by atoms with Crippen molar-refractivity contribution >= 4 is 33.7 Å². The van der Waals surface area contributed by atoms with Gasteiger partial charge in [0.1, 0.15) is 5.84 Å². The third-order valence-electron chi connectivity index (χ3n) is 4.96. The molecule has 0 aromatic heterocycles. The average molecular weight is 477 g/mol. The Morgan fingerprint density at radius 3 is 2.31 bits per heavy atom. The molecule has 3 atom stereocenters. The second-order valence-electron chi connectivity index (χ2n) is 7.66. The van der Waals surface area contributed by atoms with Crippen molar-refractivity contribution < 1.29 is 36.8 Å². The minimum Gasteiger partial charge on any atom is -0.466 e. The molecule has 1 rings (SSSR count). The lowest BCUT2D eigenvalue weighted by molar-refractivity contribution is -0.148. The van der Waals surface area contributed by atoms with E-state index in [2.05, 4.69) is 9.73 Å². The SMILES string of the molecule is CN=C1C(N(C)C(=O)C(O)N(C)C)CCCC(C)N1C(=O)C(=CC(=O)OC)OS(C)(=O)=O. The van der Waals surface area contributed by atoms with E-state index in [4.69, 9.17) is 4.18 Å². The van der Waals surface area contributed by atoms with Gasteiger partial charge in [0.25, 0.3) is 11.8 Å². The number of hydrogen-bond donors (Lipinski definition) is 1. The second-order valence-corrected chi connectivity index (χ2v) is 9.23. The number of ether oxygens (including phenoxy) is 1. The molecule has 0 aliphatic carbocycles.